The number of esters is 1. The van der Waals surface area contributed by atoms with Crippen LogP contribution in [0.2, 0.25) is 0 Å². The highest BCUT2D eigenvalue weighted by molar-refractivity contribution is 7.07. The lowest BCUT2D eigenvalue weighted by Crippen LogP contribution is -2.10. The predicted molar refractivity (Wildman–Crippen MR) is 72.0 cm³/mol. The van der Waals surface area contributed by atoms with Crippen molar-refractivity contribution in [2.24, 2.45) is 0 Å². The number of aromatic amines is 1. The third-order valence-corrected chi connectivity index (χ3v) is 3.39. The summed E-state index contributed by atoms with van der Waals surface area (Å²) in [6.07, 6.45) is 0.304. The van der Waals surface area contributed by atoms with E-state index in [1.54, 1.807) is 11.3 Å². The molecule has 1 N–H and O–H groups in total. The molecule has 0 saturated heterocycles. The zero-order chi connectivity index (χ0) is 12.4. The van der Waals surface area contributed by atoms with Gasteiger partial charge in [0, 0.05) is 17.0 Å². The first-order chi connectivity index (χ1) is 8.81. The maximum absolute atomic E-state index is 11.7. The summed E-state index contributed by atoms with van der Waals surface area (Å²) in [5.41, 5.74) is 1.96. The van der Waals surface area contributed by atoms with E-state index in [1.807, 2.05) is 47.2 Å². The van der Waals surface area contributed by atoms with Gasteiger partial charge in [0.25, 0.3) is 0 Å². The van der Waals surface area contributed by atoms with Crippen LogP contribution in [0.1, 0.15) is 5.56 Å². The van der Waals surface area contributed by atoms with E-state index >= 15 is 0 Å². The molecule has 0 aliphatic rings. The number of nitrogens with one attached hydrogen (secondary N) is 1. The SMILES string of the molecule is O=C(Cc1ccsc1)Oc1cc2ccccc2[nH]1. The van der Waals surface area contributed by atoms with Crippen molar-refractivity contribution in [3.05, 3.63) is 52.7 Å². The topological polar surface area (TPSA) is 42.1 Å². The number of fused-ring (bicyclic) bond motifs is 1. The highest BCUT2D eigenvalue weighted by Gasteiger charge is 2.08. The molecule has 2 aromatic heterocycles. The maximum atomic E-state index is 11.7. The van der Waals surface area contributed by atoms with Gasteiger partial charge in [-0.1, -0.05) is 18.2 Å². The zero-order valence-electron chi connectivity index (χ0n) is 9.55. The van der Waals surface area contributed by atoms with Gasteiger partial charge >= 0.3 is 5.97 Å². The molecule has 0 unspecified atom stereocenters. The quantitative estimate of drug-likeness (QED) is 0.731. The van der Waals surface area contributed by atoms with Crippen LogP contribution in [0.5, 0.6) is 5.88 Å². The fraction of sp³-hybridized carbons (Fsp3) is 0.0714. The Hall–Kier alpha value is -2.07. The van der Waals surface area contributed by atoms with Gasteiger partial charge < -0.3 is 9.72 Å². The number of para-hydroxylation sites is 1. The van der Waals surface area contributed by atoms with E-state index in [0.29, 0.717) is 12.3 Å². The minimum atomic E-state index is -0.250. The molecule has 0 saturated carbocycles. The number of hydrogen-bond acceptors (Lipinski definition) is 3. The van der Waals surface area contributed by atoms with E-state index in [1.165, 1.54) is 0 Å². The van der Waals surface area contributed by atoms with Crippen molar-refractivity contribution in [2.45, 2.75) is 6.42 Å². The van der Waals surface area contributed by atoms with Crippen LogP contribution < -0.4 is 4.74 Å². The molecule has 18 heavy (non-hydrogen) atoms. The van der Waals surface area contributed by atoms with Gasteiger partial charge in [-0.25, -0.2) is 0 Å². The molecule has 0 aliphatic carbocycles. The number of thiophene rings is 1. The van der Waals surface area contributed by atoms with Gasteiger partial charge in [-0.3, -0.25) is 4.79 Å². The van der Waals surface area contributed by atoms with Crippen LogP contribution in [0.3, 0.4) is 0 Å². The number of carbonyl (C=O) groups excluding carboxylic acids is 1. The number of hydrogen-bond donors (Lipinski definition) is 1. The van der Waals surface area contributed by atoms with Gasteiger partial charge in [0.15, 0.2) is 0 Å². The Labute approximate surface area is 108 Å². The second kappa shape index (κ2) is 4.66. The van der Waals surface area contributed by atoms with Gasteiger partial charge in [-0.2, -0.15) is 11.3 Å². The van der Waals surface area contributed by atoms with Crippen LogP contribution in [0, 0.1) is 0 Å². The average Bonchev–Trinajstić information content (AvgIpc) is 2.96. The fourth-order valence-electron chi connectivity index (χ4n) is 1.82. The predicted octanol–water partition coefficient (Wildman–Crippen LogP) is 3.38. The summed E-state index contributed by atoms with van der Waals surface area (Å²) in [5, 5.41) is 4.94. The lowest BCUT2D eigenvalue weighted by atomic mass is 10.2. The number of rotatable bonds is 3. The van der Waals surface area contributed by atoms with Gasteiger partial charge in [-0.05, 0) is 28.5 Å². The van der Waals surface area contributed by atoms with E-state index in [9.17, 15) is 4.79 Å². The molecular formula is C14H11NO2S. The molecule has 0 atom stereocenters. The first-order valence-corrected chi connectivity index (χ1v) is 6.55. The number of aromatic nitrogens is 1. The summed E-state index contributed by atoms with van der Waals surface area (Å²) in [5.74, 6) is 0.247. The fourth-order valence-corrected chi connectivity index (χ4v) is 2.49. The van der Waals surface area contributed by atoms with Crippen LogP contribution in [0.15, 0.2) is 47.2 Å². The van der Waals surface area contributed by atoms with E-state index in [-0.39, 0.29) is 5.97 Å². The molecule has 3 aromatic rings. The van der Waals surface area contributed by atoms with Crippen LogP contribution in [0.25, 0.3) is 10.9 Å². The van der Waals surface area contributed by atoms with Crippen LogP contribution >= 0.6 is 11.3 Å². The molecular weight excluding hydrogens is 246 g/mol. The Kier molecular flexibility index (Phi) is 2.86. The van der Waals surface area contributed by atoms with Gasteiger partial charge in [0.2, 0.25) is 5.88 Å². The molecule has 0 radical (unpaired) electrons. The summed E-state index contributed by atoms with van der Waals surface area (Å²) in [7, 11) is 0. The molecule has 0 amide bonds. The average molecular weight is 257 g/mol. The highest BCUT2D eigenvalue weighted by Crippen LogP contribution is 2.20. The second-order valence-electron chi connectivity index (χ2n) is 4.00. The summed E-state index contributed by atoms with van der Waals surface area (Å²) in [6, 6.07) is 11.6. The maximum Gasteiger partial charge on any atom is 0.316 e. The van der Waals surface area contributed by atoms with Crippen molar-refractivity contribution in [1.29, 1.82) is 0 Å². The monoisotopic (exact) mass is 257 g/mol. The first kappa shape index (κ1) is 11.0. The molecule has 0 bridgehead atoms. The third-order valence-electron chi connectivity index (χ3n) is 2.66. The van der Waals surface area contributed by atoms with Crippen molar-refractivity contribution < 1.29 is 9.53 Å². The van der Waals surface area contributed by atoms with E-state index < -0.39 is 0 Å². The van der Waals surface area contributed by atoms with Gasteiger partial charge in [0.1, 0.15) is 0 Å². The largest absolute Gasteiger partial charge is 0.409 e. The van der Waals surface area contributed by atoms with E-state index in [2.05, 4.69) is 4.98 Å². The van der Waals surface area contributed by atoms with Crippen LogP contribution in [-0.4, -0.2) is 11.0 Å². The molecule has 0 fully saturated rings. The highest BCUT2D eigenvalue weighted by atomic mass is 32.1. The Morgan fingerprint density at radius 3 is 2.94 bits per heavy atom. The first-order valence-electron chi connectivity index (χ1n) is 5.61. The number of carbonyl (C=O) groups is 1. The van der Waals surface area contributed by atoms with Crippen molar-refractivity contribution in [3.8, 4) is 5.88 Å². The molecule has 4 heteroatoms. The van der Waals surface area contributed by atoms with Crippen molar-refractivity contribution in [3.63, 3.8) is 0 Å². The smallest absolute Gasteiger partial charge is 0.316 e. The zero-order valence-corrected chi connectivity index (χ0v) is 10.4. The molecule has 2 heterocycles. The molecule has 3 rings (SSSR count). The number of benzene rings is 1. The molecule has 90 valence electrons. The Morgan fingerprint density at radius 1 is 1.28 bits per heavy atom. The standard InChI is InChI=1S/C14H11NO2S/c16-14(7-10-5-6-18-9-10)17-13-8-11-3-1-2-4-12(11)15-13/h1-6,8-9,15H,7H2. The van der Waals surface area contributed by atoms with E-state index in [4.69, 9.17) is 4.74 Å². The molecule has 0 spiro atoms. The number of H-pyrrole nitrogens is 1. The summed E-state index contributed by atoms with van der Waals surface area (Å²) < 4.78 is 5.28. The lowest BCUT2D eigenvalue weighted by Gasteiger charge is -1.99. The third kappa shape index (κ3) is 2.28. The second-order valence-corrected chi connectivity index (χ2v) is 4.78. The number of ether oxygens (including phenoxy) is 1. The summed E-state index contributed by atoms with van der Waals surface area (Å²) >= 11 is 1.58. The molecule has 0 aliphatic heterocycles. The minimum absolute atomic E-state index is 0.250. The van der Waals surface area contributed by atoms with Crippen molar-refractivity contribution >= 4 is 28.2 Å². The lowest BCUT2D eigenvalue weighted by molar-refractivity contribution is -0.133. The van der Waals surface area contributed by atoms with Crippen molar-refractivity contribution in [2.75, 3.05) is 0 Å². The molecule has 3 nitrogen and oxygen atoms in total. The molecule has 1 aromatic carbocycles. The normalized spacial score (nSPS) is 10.7. The Morgan fingerprint density at radius 2 is 2.17 bits per heavy atom. The van der Waals surface area contributed by atoms with Crippen molar-refractivity contribution in [1.82, 2.24) is 4.98 Å². The summed E-state index contributed by atoms with van der Waals surface area (Å²) in [4.78, 5) is 14.8. The Balaban J connectivity index is 1.74. The Bertz CT molecular complexity index is 637. The van der Waals surface area contributed by atoms with Gasteiger partial charge in [0.05, 0.1) is 6.42 Å². The van der Waals surface area contributed by atoms with Crippen LogP contribution in [0.4, 0.5) is 0 Å². The van der Waals surface area contributed by atoms with Crippen LogP contribution in [-0.2, 0) is 11.2 Å². The van der Waals surface area contributed by atoms with E-state index in [0.717, 1.165) is 16.5 Å². The minimum Gasteiger partial charge on any atom is -0.409 e. The van der Waals surface area contributed by atoms with Gasteiger partial charge in [-0.15, -0.1) is 0 Å². The summed E-state index contributed by atoms with van der Waals surface area (Å²) in [6.45, 7) is 0.